The molecule has 90 valence electrons. The van der Waals surface area contributed by atoms with E-state index in [4.69, 9.17) is 0 Å². The van der Waals surface area contributed by atoms with Crippen molar-refractivity contribution in [3.63, 3.8) is 0 Å². The summed E-state index contributed by atoms with van der Waals surface area (Å²) in [7, 11) is 0. The van der Waals surface area contributed by atoms with Crippen molar-refractivity contribution in [2.24, 2.45) is 0 Å². The van der Waals surface area contributed by atoms with Gasteiger partial charge in [-0.1, -0.05) is 71.5 Å². The summed E-state index contributed by atoms with van der Waals surface area (Å²) in [5.41, 5.74) is 0. The van der Waals surface area contributed by atoms with E-state index in [1.807, 2.05) is 0 Å². The second-order valence-corrected chi connectivity index (χ2v) is 4.27. The summed E-state index contributed by atoms with van der Waals surface area (Å²) >= 11 is 3.39. The van der Waals surface area contributed by atoms with Crippen LogP contribution in [0.3, 0.4) is 0 Å². The zero-order chi connectivity index (χ0) is 11.9. The Hall–Kier alpha value is -0.560. The van der Waals surface area contributed by atoms with E-state index in [-0.39, 0.29) is 0 Å². The number of allylic oxidation sites excluding steroid dienone is 8. The molecule has 0 saturated carbocycles. The van der Waals surface area contributed by atoms with Crippen LogP contribution in [0.4, 0.5) is 0 Å². The van der Waals surface area contributed by atoms with Crippen LogP contribution in [0.15, 0.2) is 48.6 Å². The molecule has 0 aromatic carbocycles. The average Bonchev–Trinajstić information content (AvgIpc) is 2.31. The second kappa shape index (κ2) is 14.4. The summed E-state index contributed by atoms with van der Waals surface area (Å²) in [5.74, 6) is 0. The van der Waals surface area contributed by atoms with Crippen LogP contribution in [0.1, 0.15) is 39.0 Å². The van der Waals surface area contributed by atoms with Gasteiger partial charge in [0.1, 0.15) is 0 Å². The average molecular weight is 283 g/mol. The quantitative estimate of drug-likeness (QED) is 0.383. The van der Waals surface area contributed by atoms with Crippen LogP contribution in [-0.2, 0) is 0 Å². The third-order valence-corrected chi connectivity index (χ3v) is 2.45. The highest BCUT2D eigenvalue weighted by Gasteiger charge is 1.75. The maximum Gasteiger partial charge on any atom is 0.00659 e. The Kier molecular flexibility index (Phi) is 13.9. The molecule has 0 bridgehead atoms. The number of hydrogen-bond acceptors (Lipinski definition) is 0. The molecule has 0 aromatic heterocycles. The van der Waals surface area contributed by atoms with E-state index in [1.54, 1.807) is 0 Å². The van der Waals surface area contributed by atoms with Crippen LogP contribution < -0.4 is 0 Å². The standard InChI is InChI=1S/C15H23Br/c1-2-3-4-5-6-7-8-9-10-11-12-13-14-15-16/h3-4,6-7,9-10,12-13H,2,5,8,11,14-15H2,1H3/b4-3-,7-6-,10-9-,13-12-. The molecule has 0 radical (unpaired) electrons. The summed E-state index contributed by atoms with van der Waals surface area (Å²) in [6, 6.07) is 0. The van der Waals surface area contributed by atoms with E-state index in [0.717, 1.165) is 37.4 Å². The van der Waals surface area contributed by atoms with Crippen LogP contribution in [0.2, 0.25) is 0 Å². The maximum absolute atomic E-state index is 3.39. The van der Waals surface area contributed by atoms with Gasteiger partial charge < -0.3 is 0 Å². The van der Waals surface area contributed by atoms with Gasteiger partial charge in [-0.15, -0.1) is 0 Å². The van der Waals surface area contributed by atoms with Gasteiger partial charge in [-0.25, -0.2) is 0 Å². The predicted molar refractivity (Wildman–Crippen MR) is 79.1 cm³/mol. The highest BCUT2D eigenvalue weighted by atomic mass is 79.9. The zero-order valence-corrected chi connectivity index (χ0v) is 11.8. The lowest BCUT2D eigenvalue weighted by molar-refractivity contribution is 1.19. The first kappa shape index (κ1) is 15.4. The fourth-order valence-electron chi connectivity index (χ4n) is 1.16. The summed E-state index contributed by atoms with van der Waals surface area (Å²) in [5, 5.41) is 1.06. The van der Waals surface area contributed by atoms with Crippen LogP contribution >= 0.6 is 15.9 Å². The molecule has 0 spiro atoms. The molecule has 0 N–H and O–H groups in total. The van der Waals surface area contributed by atoms with Gasteiger partial charge in [-0.3, -0.25) is 0 Å². The van der Waals surface area contributed by atoms with Gasteiger partial charge in [0.25, 0.3) is 0 Å². The van der Waals surface area contributed by atoms with E-state index in [9.17, 15) is 0 Å². The van der Waals surface area contributed by atoms with Crippen LogP contribution in [0.25, 0.3) is 0 Å². The summed E-state index contributed by atoms with van der Waals surface area (Å²) in [6.07, 6.45) is 23.1. The van der Waals surface area contributed by atoms with Gasteiger partial charge in [0.2, 0.25) is 0 Å². The van der Waals surface area contributed by atoms with Gasteiger partial charge in [0.05, 0.1) is 0 Å². The van der Waals surface area contributed by atoms with E-state index in [0.29, 0.717) is 0 Å². The molecular weight excluding hydrogens is 260 g/mol. The van der Waals surface area contributed by atoms with Crippen LogP contribution in [0.5, 0.6) is 0 Å². The highest BCUT2D eigenvalue weighted by molar-refractivity contribution is 9.09. The van der Waals surface area contributed by atoms with E-state index in [1.165, 1.54) is 0 Å². The summed E-state index contributed by atoms with van der Waals surface area (Å²) < 4.78 is 0. The zero-order valence-electron chi connectivity index (χ0n) is 10.2. The molecule has 0 nitrogen and oxygen atoms in total. The van der Waals surface area contributed by atoms with Gasteiger partial charge in [-0.2, -0.15) is 0 Å². The number of halogens is 1. The van der Waals surface area contributed by atoms with Crippen LogP contribution in [-0.4, -0.2) is 5.33 Å². The van der Waals surface area contributed by atoms with Crippen LogP contribution in [0, 0.1) is 0 Å². The van der Waals surface area contributed by atoms with Crippen molar-refractivity contribution < 1.29 is 0 Å². The monoisotopic (exact) mass is 282 g/mol. The Morgan fingerprint density at radius 2 is 1.12 bits per heavy atom. The molecule has 0 fully saturated rings. The maximum atomic E-state index is 3.39. The van der Waals surface area contributed by atoms with Gasteiger partial charge in [0.15, 0.2) is 0 Å². The molecule has 0 heterocycles. The molecule has 16 heavy (non-hydrogen) atoms. The molecule has 0 aromatic rings. The molecule has 0 aliphatic rings. The third kappa shape index (κ3) is 13.4. The topological polar surface area (TPSA) is 0 Å². The fourth-order valence-corrected chi connectivity index (χ4v) is 1.42. The van der Waals surface area contributed by atoms with Crippen molar-refractivity contribution in [2.75, 3.05) is 5.33 Å². The predicted octanol–water partition coefficient (Wildman–Crippen LogP) is 5.58. The molecule has 0 aliphatic carbocycles. The Morgan fingerprint density at radius 1 is 0.688 bits per heavy atom. The Labute approximate surface area is 109 Å². The normalized spacial score (nSPS) is 12.9. The van der Waals surface area contributed by atoms with Gasteiger partial charge >= 0.3 is 0 Å². The van der Waals surface area contributed by atoms with Crippen molar-refractivity contribution in [2.45, 2.75) is 39.0 Å². The van der Waals surface area contributed by atoms with Crippen molar-refractivity contribution >= 4 is 15.9 Å². The van der Waals surface area contributed by atoms with Crippen molar-refractivity contribution in [3.05, 3.63) is 48.6 Å². The Bertz CT molecular complexity index is 234. The van der Waals surface area contributed by atoms with Gasteiger partial charge in [0, 0.05) is 5.33 Å². The molecule has 0 rings (SSSR count). The smallest absolute Gasteiger partial charge is 0.00659 e. The Balaban J connectivity index is 3.36. The van der Waals surface area contributed by atoms with Crippen molar-refractivity contribution in [3.8, 4) is 0 Å². The first-order valence-corrected chi connectivity index (χ1v) is 7.20. The lowest BCUT2D eigenvalue weighted by Crippen LogP contribution is -1.66. The van der Waals surface area contributed by atoms with E-state index < -0.39 is 0 Å². The molecule has 0 atom stereocenters. The molecule has 0 unspecified atom stereocenters. The second-order valence-electron chi connectivity index (χ2n) is 3.48. The number of alkyl halides is 1. The van der Waals surface area contributed by atoms with E-state index in [2.05, 4.69) is 71.5 Å². The third-order valence-electron chi connectivity index (χ3n) is 1.99. The summed E-state index contributed by atoms with van der Waals surface area (Å²) in [4.78, 5) is 0. The number of hydrogen-bond donors (Lipinski definition) is 0. The molecule has 1 heteroatoms. The lowest BCUT2D eigenvalue weighted by Gasteiger charge is -1.85. The lowest BCUT2D eigenvalue weighted by atomic mass is 10.2. The minimum Gasteiger partial charge on any atom is -0.0925 e. The fraction of sp³-hybridized carbons (Fsp3) is 0.467. The molecule has 0 amide bonds. The minimum atomic E-state index is 1.05. The molecule has 0 aliphatic heterocycles. The van der Waals surface area contributed by atoms with E-state index >= 15 is 0 Å². The van der Waals surface area contributed by atoms with Crippen molar-refractivity contribution in [1.82, 2.24) is 0 Å². The highest BCUT2D eigenvalue weighted by Crippen LogP contribution is 1.95. The van der Waals surface area contributed by atoms with Crippen molar-refractivity contribution in [1.29, 1.82) is 0 Å². The Morgan fingerprint density at radius 3 is 1.56 bits per heavy atom. The minimum absolute atomic E-state index is 1.05. The number of rotatable bonds is 9. The molecular formula is C15H23Br. The van der Waals surface area contributed by atoms with Gasteiger partial charge in [-0.05, 0) is 32.1 Å². The SMILES string of the molecule is CC/C=C\C/C=C\C/C=C\C/C=C\CCBr. The summed E-state index contributed by atoms with van der Waals surface area (Å²) in [6.45, 7) is 2.16. The first-order chi connectivity index (χ1) is 7.91. The first-order valence-electron chi connectivity index (χ1n) is 6.07. The largest absolute Gasteiger partial charge is 0.0925 e. The molecule has 0 saturated heterocycles.